The molecule has 0 amide bonds. The van der Waals surface area contributed by atoms with Crippen molar-refractivity contribution in [1.29, 1.82) is 0 Å². The fourth-order valence-electron chi connectivity index (χ4n) is 2.45. The van der Waals surface area contributed by atoms with Crippen molar-refractivity contribution in [2.24, 2.45) is 7.05 Å². The summed E-state index contributed by atoms with van der Waals surface area (Å²) in [6.45, 7) is 6.30. The zero-order chi connectivity index (χ0) is 14.3. The first-order valence-electron chi connectivity index (χ1n) is 6.93. The van der Waals surface area contributed by atoms with Crippen LogP contribution in [-0.2, 0) is 7.05 Å². The highest BCUT2D eigenvalue weighted by Crippen LogP contribution is 2.24. The van der Waals surface area contributed by atoms with Crippen molar-refractivity contribution in [2.75, 3.05) is 0 Å². The fraction of sp³-hybridized carbons (Fsp3) is 0.294. The summed E-state index contributed by atoms with van der Waals surface area (Å²) in [5.41, 5.74) is 5.36. The molecule has 20 heavy (non-hydrogen) atoms. The molecule has 1 aromatic carbocycles. The van der Waals surface area contributed by atoms with E-state index in [1.807, 2.05) is 13.1 Å². The van der Waals surface area contributed by atoms with Gasteiger partial charge >= 0.3 is 5.71 Å². The molecule has 0 bridgehead atoms. The summed E-state index contributed by atoms with van der Waals surface area (Å²) in [5.74, 6) is 1.09. The van der Waals surface area contributed by atoms with Crippen molar-refractivity contribution in [3.05, 3.63) is 47.9 Å². The van der Waals surface area contributed by atoms with Crippen LogP contribution in [0.5, 0.6) is 0 Å². The van der Waals surface area contributed by atoms with Crippen molar-refractivity contribution >= 4 is 11.2 Å². The Kier molecular flexibility index (Phi) is 3.05. The summed E-state index contributed by atoms with van der Waals surface area (Å²) < 4.78 is 7.99. The molecule has 0 aliphatic rings. The number of hydrogen-bond donors (Lipinski definition) is 0. The SMILES string of the molecule is Cc1ccccc1-c1ccc2nc(C(C)C)oc2[n+]1C. The fourth-order valence-corrected chi connectivity index (χ4v) is 2.45. The third-order valence-corrected chi connectivity index (χ3v) is 3.63. The Hall–Kier alpha value is -2.16. The van der Waals surface area contributed by atoms with E-state index in [0.29, 0.717) is 5.92 Å². The standard InChI is InChI=1S/C17H19N2O/c1-11(2)16-18-14-9-10-15(19(4)17(14)20-16)13-8-6-5-7-12(13)3/h5-11H,1-4H3/q+1. The number of rotatable bonds is 2. The van der Waals surface area contributed by atoms with Crippen molar-refractivity contribution in [2.45, 2.75) is 26.7 Å². The zero-order valence-corrected chi connectivity index (χ0v) is 12.3. The summed E-state index contributed by atoms with van der Waals surface area (Å²) in [4.78, 5) is 4.54. The van der Waals surface area contributed by atoms with Gasteiger partial charge in [-0.25, -0.2) is 4.98 Å². The summed E-state index contributed by atoms with van der Waals surface area (Å²) in [7, 11) is 2.03. The van der Waals surface area contributed by atoms with E-state index in [2.05, 4.69) is 60.7 Å². The maximum Gasteiger partial charge on any atom is 0.401 e. The molecule has 0 radical (unpaired) electrons. The van der Waals surface area contributed by atoms with Gasteiger partial charge in [0.1, 0.15) is 7.05 Å². The Morgan fingerprint density at radius 1 is 1.10 bits per heavy atom. The normalized spacial score (nSPS) is 11.4. The molecular weight excluding hydrogens is 248 g/mol. The molecule has 3 nitrogen and oxygen atoms in total. The molecule has 0 spiro atoms. The van der Waals surface area contributed by atoms with Crippen LogP contribution in [0.3, 0.4) is 0 Å². The Bertz CT molecular complexity index is 772. The molecule has 0 fully saturated rings. The molecule has 2 aromatic heterocycles. The monoisotopic (exact) mass is 267 g/mol. The highest BCUT2D eigenvalue weighted by atomic mass is 16.4. The second-order valence-electron chi connectivity index (χ2n) is 5.49. The summed E-state index contributed by atoms with van der Waals surface area (Å²) >= 11 is 0. The number of pyridine rings is 1. The lowest BCUT2D eigenvalue weighted by Crippen LogP contribution is -2.31. The third kappa shape index (κ3) is 1.99. The van der Waals surface area contributed by atoms with Gasteiger partial charge in [-0.15, -0.1) is 0 Å². The van der Waals surface area contributed by atoms with Gasteiger partial charge in [-0.3, -0.25) is 0 Å². The first-order chi connectivity index (χ1) is 9.58. The van der Waals surface area contributed by atoms with Crippen molar-refractivity contribution in [1.82, 2.24) is 4.98 Å². The van der Waals surface area contributed by atoms with E-state index in [-0.39, 0.29) is 0 Å². The Morgan fingerprint density at radius 2 is 1.85 bits per heavy atom. The van der Waals surface area contributed by atoms with Crippen LogP contribution in [0.15, 0.2) is 40.8 Å². The van der Waals surface area contributed by atoms with E-state index in [1.54, 1.807) is 0 Å². The van der Waals surface area contributed by atoms with Gasteiger partial charge in [-0.1, -0.05) is 32.0 Å². The Balaban J connectivity index is 2.23. The minimum Gasteiger partial charge on any atom is -0.388 e. The summed E-state index contributed by atoms with van der Waals surface area (Å²) in [6.07, 6.45) is 0. The number of hydrogen-bond acceptors (Lipinski definition) is 2. The molecule has 0 aliphatic heterocycles. The second kappa shape index (κ2) is 4.75. The zero-order valence-electron chi connectivity index (χ0n) is 12.3. The van der Waals surface area contributed by atoms with Crippen LogP contribution >= 0.6 is 0 Å². The van der Waals surface area contributed by atoms with Gasteiger partial charge in [0, 0.05) is 17.5 Å². The average molecular weight is 267 g/mol. The Morgan fingerprint density at radius 3 is 2.55 bits per heavy atom. The van der Waals surface area contributed by atoms with Gasteiger partial charge < -0.3 is 4.42 Å². The number of aromatic nitrogens is 2. The molecule has 0 atom stereocenters. The van der Waals surface area contributed by atoms with Crippen LogP contribution < -0.4 is 4.57 Å². The van der Waals surface area contributed by atoms with E-state index in [0.717, 1.165) is 22.8 Å². The maximum absolute atomic E-state index is 5.91. The van der Waals surface area contributed by atoms with Crippen molar-refractivity contribution < 1.29 is 8.98 Å². The summed E-state index contributed by atoms with van der Waals surface area (Å²) in [5, 5.41) is 0. The molecule has 0 N–H and O–H groups in total. The van der Waals surface area contributed by atoms with E-state index >= 15 is 0 Å². The molecule has 3 aromatic rings. The molecule has 3 rings (SSSR count). The van der Waals surface area contributed by atoms with Crippen LogP contribution in [0.25, 0.3) is 22.5 Å². The molecule has 0 saturated heterocycles. The first-order valence-corrected chi connectivity index (χ1v) is 6.93. The van der Waals surface area contributed by atoms with Crippen LogP contribution in [-0.4, -0.2) is 4.98 Å². The number of benzene rings is 1. The molecule has 0 aliphatic carbocycles. The van der Waals surface area contributed by atoms with Crippen LogP contribution in [0.1, 0.15) is 31.2 Å². The van der Waals surface area contributed by atoms with Crippen molar-refractivity contribution in [3.63, 3.8) is 0 Å². The topological polar surface area (TPSA) is 29.9 Å². The third-order valence-electron chi connectivity index (χ3n) is 3.63. The largest absolute Gasteiger partial charge is 0.401 e. The van der Waals surface area contributed by atoms with Gasteiger partial charge in [-0.2, -0.15) is 4.57 Å². The van der Waals surface area contributed by atoms with Crippen LogP contribution in [0, 0.1) is 6.92 Å². The minimum absolute atomic E-state index is 0.296. The molecule has 0 unspecified atom stereocenters. The lowest BCUT2D eigenvalue weighted by molar-refractivity contribution is -0.640. The molecular formula is C17H19N2O+. The van der Waals surface area contributed by atoms with Gasteiger partial charge in [0.05, 0.1) is 0 Å². The van der Waals surface area contributed by atoms with E-state index < -0.39 is 0 Å². The van der Waals surface area contributed by atoms with Gasteiger partial charge in [0.15, 0.2) is 5.52 Å². The number of aryl methyl sites for hydroxylation is 2. The lowest BCUT2D eigenvalue weighted by Gasteiger charge is -2.03. The predicted molar refractivity (Wildman–Crippen MR) is 79.4 cm³/mol. The van der Waals surface area contributed by atoms with Crippen LogP contribution in [0.4, 0.5) is 0 Å². The predicted octanol–water partition coefficient (Wildman–Crippen LogP) is 3.75. The minimum atomic E-state index is 0.296. The maximum atomic E-state index is 5.91. The quantitative estimate of drug-likeness (QED) is 0.662. The highest BCUT2D eigenvalue weighted by Gasteiger charge is 2.21. The number of fused-ring (bicyclic) bond motifs is 1. The number of oxazole rings is 1. The molecule has 2 heterocycles. The van der Waals surface area contributed by atoms with Gasteiger partial charge in [0.25, 0.3) is 0 Å². The first kappa shape index (κ1) is 12.9. The van der Waals surface area contributed by atoms with Crippen molar-refractivity contribution in [3.8, 4) is 11.3 Å². The second-order valence-corrected chi connectivity index (χ2v) is 5.49. The molecule has 102 valence electrons. The van der Waals surface area contributed by atoms with E-state index in [4.69, 9.17) is 4.42 Å². The highest BCUT2D eigenvalue weighted by molar-refractivity contribution is 5.70. The Labute approximate surface area is 118 Å². The van der Waals surface area contributed by atoms with Crippen LogP contribution in [0.2, 0.25) is 0 Å². The van der Waals surface area contributed by atoms with Gasteiger partial charge in [0.2, 0.25) is 11.6 Å². The number of nitrogens with zero attached hydrogens (tertiary/aromatic N) is 2. The summed E-state index contributed by atoms with van der Waals surface area (Å²) in [6, 6.07) is 12.5. The van der Waals surface area contributed by atoms with Gasteiger partial charge in [-0.05, 0) is 24.6 Å². The molecule has 0 saturated carbocycles. The lowest BCUT2D eigenvalue weighted by atomic mass is 10.1. The molecule has 3 heteroatoms. The van der Waals surface area contributed by atoms with E-state index in [1.165, 1.54) is 11.1 Å². The average Bonchev–Trinajstić information content (AvgIpc) is 2.86. The van der Waals surface area contributed by atoms with E-state index in [9.17, 15) is 0 Å². The smallest absolute Gasteiger partial charge is 0.388 e.